The van der Waals surface area contributed by atoms with E-state index in [-0.39, 0.29) is 5.54 Å². The topological polar surface area (TPSA) is 60.0 Å². The summed E-state index contributed by atoms with van der Waals surface area (Å²) in [5, 5.41) is 8.23. The van der Waals surface area contributed by atoms with Gasteiger partial charge in [-0.05, 0) is 18.8 Å². The largest absolute Gasteiger partial charge is 0.329 e. The molecule has 3 rings (SSSR count). The number of aromatic nitrogens is 3. The van der Waals surface area contributed by atoms with Crippen LogP contribution in [0.2, 0.25) is 0 Å². The Balaban J connectivity index is 1.85. The summed E-state index contributed by atoms with van der Waals surface area (Å²) in [6.45, 7) is 6.07. The van der Waals surface area contributed by atoms with Crippen molar-refractivity contribution in [3.8, 4) is 0 Å². The minimum Gasteiger partial charge on any atom is -0.329 e. The lowest BCUT2D eigenvalue weighted by Gasteiger charge is -2.46. The number of hydrogen-bond acceptors (Lipinski definition) is 4. The molecule has 2 N–H and O–H groups in total. The van der Waals surface area contributed by atoms with Gasteiger partial charge < -0.3 is 10.3 Å². The fourth-order valence-corrected chi connectivity index (χ4v) is 3.97. The quantitative estimate of drug-likeness (QED) is 0.868. The second-order valence-electron chi connectivity index (χ2n) is 5.67. The molecule has 1 aromatic rings. The van der Waals surface area contributed by atoms with Gasteiger partial charge in [0.1, 0.15) is 12.2 Å². The second-order valence-corrected chi connectivity index (χ2v) is 5.67. The summed E-state index contributed by atoms with van der Waals surface area (Å²) in [5.41, 5.74) is 6.39. The average molecular weight is 249 g/mol. The molecule has 1 saturated carbocycles. The zero-order valence-corrected chi connectivity index (χ0v) is 11.2. The van der Waals surface area contributed by atoms with Gasteiger partial charge in [-0.15, -0.1) is 10.2 Å². The molecule has 0 amide bonds. The predicted octanol–water partition coefficient (Wildman–Crippen LogP) is 1.00. The monoisotopic (exact) mass is 249 g/mol. The molecule has 5 nitrogen and oxygen atoms in total. The van der Waals surface area contributed by atoms with Gasteiger partial charge in [0.15, 0.2) is 0 Å². The fourth-order valence-electron chi connectivity index (χ4n) is 3.97. The minimum absolute atomic E-state index is 0.214. The molecule has 18 heavy (non-hydrogen) atoms. The fraction of sp³-hybridized carbons (Fsp3) is 0.846. The van der Waals surface area contributed by atoms with Crippen molar-refractivity contribution >= 4 is 0 Å². The van der Waals surface area contributed by atoms with Gasteiger partial charge in [-0.1, -0.05) is 19.8 Å². The van der Waals surface area contributed by atoms with Crippen molar-refractivity contribution in [2.24, 2.45) is 11.7 Å². The summed E-state index contributed by atoms with van der Waals surface area (Å²) >= 11 is 0. The first-order valence-electron chi connectivity index (χ1n) is 7.12. The number of nitrogens with two attached hydrogens (primary N) is 1. The van der Waals surface area contributed by atoms with Gasteiger partial charge >= 0.3 is 0 Å². The van der Waals surface area contributed by atoms with Gasteiger partial charge in [0, 0.05) is 25.2 Å². The number of fused-ring (bicyclic) bond motifs is 1. The second kappa shape index (κ2) is 4.63. The lowest BCUT2D eigenvalue weighted by molar-refractivity contribution is 0.0302. The number of hydrogen-bond donors (Lipinski definition) is 1. The molecule has 0 aromatic carbocycles. The summed E-state index contributed by atoms with van der Waals surface area (Å²) in [5.74, 6) is 1.84. The zero-order chi connectivity index (χ0) is 12.6. The van der Waals surface area contributed by atoms with E-state index in [0.29, 0.717) is 0 Å². The summed E-state index contributed by atoms with van der Waals surface area (Å²) in [6.07, 6.45) is 6.97. The van der Waals surface area contributed by atoms with Gasteiger partial charge in [-0.25, -0.2) is 0 Å². The van der Waals surface area contributed by atoms with E-state index in [9.17, 15) is 0 Å². The Kier molecular flexibility index (Phi) is 3.11. The van der Waals surface area contributed by atoms with Crippen molar-refractivity contribution in [1.29, 1.82) is 0 Å². The molecule has 2 aliphatic rings. The van der Waals surface area contributed by atoms with E-state index < -0.39 is 0 Å². The molecule has 0 saturated heterocycles. The molecule has 2 heterocycles. The van der Waals surface area contributed by atoms with Crippen LogP contribution in [0.4, 0.5) is 0 Å². The van der Waals surface area contributed by atoms with Crippen LogP contribution in [0.15, 0.2) is 6.33 Å². The van der Waals surface area contributed by atoms with E-state index in [1.165, 1.54) is 25.7 Å². The van der Waals surface area contributed by atoms with Crippen LogP contribution < -0.4 is 5.73 Å². The summed E-state index contributed by atoms with van der Waals surface area (Å²) < 4.78 is 2.16. The highest BCUT2D eigenvalue weighted by molar-refractivity contribution is 5.04. The van der Waals surface area contributed by atoms with E-state index in [1.807, 2.05) is 6.33 Å². The Morgan fingerprint density at radius 2 is 2.39 bits per heavy atom. The summed E-state index contributed by atoms with van der Waals surface area (Å²) in [6, 6.07) is 0. The maximum absolute atomic E-state index is 6.18. The van der Waals surface area contributed by atoms with Crippen LogP contribution >= 0.6 is 0 Å². The molecule has 0 bridgehead atoms. The lowest BCUT2D eigenvalue weighted by atomic mass is 9.83. The van der Waals surface area contributed by atoms with Gasteiger partial charge in [0.05, 0.1) is 6.54 Å². The third-order valence-corrected chi connectivity index (χ3v) is 5.04. The molecular weight excluding hydrogens is 226 g/mol. The van der Waals surface area contributed by atoms with Crippen LogP contribution in [0.25, 0.3) is 0 Å². The highest BCUT2D eigenvalue weighted by atomic mass is 15.3. The van der Waals surface area contributed by atoms with Crippen molar-refractivity contribution in [3.05, 3.63) is 12.2 Å². The lowest BCUT2D eigenvalue weighted by Crippen LogP contribution is -2.58. The first-order valence-corrected chi connectivity index (χ1v) is 7.12. The molecule has 100 valence electrons. The molecule has 2 atom stereocenters. The Morgan fingerprint density at radius 1 is 1.50 bits per heavy atom. The maximum atomic E-state index is 6.18. The van der Waals surface area contributed by atoms with Crippen molar-refractivity contribution in [2.75, 3.05) is 13.1 Å². The highest BCUT2D eigenvalue weighted by Gasteiger charge is 2.46. The van der Waals surface area contributed by atoms with Crippen molar-refractivity contribution in [3.63, 3.8) is 0 Å². The number of nitrogens with zero attached hydrogens (tertiary/aromatic N) is 4. The third kappa shape index (κ3) is 1.68. The van der Waals surface area contributed by atoms with Crippen molar-refractivity contribution in [2.45, 2.75) is 51.2 Å². The van der Waals surface area contributed by atoms with E-state index >= 15 is 0 Å². The van der Waals surface area contributed by atoms with Crippen LogP contribution in [0.5, 0.6) is 0 Å². The van der Waals surface area contributed by atoms with Gasteiger partial charge in [-0.3, -0.25) is 4.90 Å². The van der Waals surface area contributed by atoms with Gasteiger partial charge in [0.25, 0.3) is 0 Å². The Labute approximate surface area is 108 Å². The highest BCUT2D eigenvalue weighted by Crippen LogP contribution is 2.42. The van der Waals surface area contributed by atoms with E-state index in [4.69, 9.17) is 5.73 Å². The molecule has 5 heteroatoms. The van der Waals surface area contributed by atoms with Gasteiger partial charge in [0.2, 0.25) is 0 Å². The first kappa shape index (κ1) is 12.1. The molecular formula is C13H23N5. The van der Waals surface area contributed by atoms with E-state index in [2.05, 4.69) is 26.6 Å². The smallest absolute Gasteiger partial charge is 0.147 e. The van der Waals surface area contributed by atoms with Crippen LogP contribution in [-0.2, 0) is 13.1 Å². The summed E-state index contributed by atoms with van der Waals surface area (Å²) in [4.78, 5) is 2.58. The van der Waals surface area contributed by atoms with Gasteiger partial charge in [-0.2, -0.15) is 0 Å². The molecule has 2 unspecified atom stereocenters. The normalized spacial score (nSPS) is 32.7. The zero-order valence-electron chi connectivity index (χ0n) is 11.2. The van der Waals surface area contributed by atoms with Crippen LogP contribution in [0.1, 0.15) is 38.4 Å². The molecule has 1 aromatic heterocycles. The molecule has 0 radical (unpaired) electrons. The first-order chi connectivity index (χ1) is 8.80. The Morgan fingerprint density at radius 3 is 3.17 bits per heavy atom. The average Bonchev–Trinajstić information content (AvgIpc) is 3.04. The Bertz CT molecular complexity index is 415. The number of rotatable bonds is 3. The van der Waals surface area contributed by atoms with Crippen LogP contribution in [-0.4, -0.2) is 38.3 Å². The molecule has 1 aliphatic heterocycles. The maximum Gasteiger partial charge on any atom is 0.147 e. The molecule has 1 aliphatic carbocycles. The molecule has 1 fully saturated rings. The van der Waals surface area contributed by atoms with E-state index in [0.717, 1.165) is 37.9 Å². The SMILES string of the molecule is CCC1CCCC1(CN)N1CCn2cnnc2C1. The van der Waals surface area contributed by atoms with Crippen molar-refractivity contribution < 1.29 is 0 Å². The summed E-state index contributed by atoms with van der Waals surface area (Å²) in [7, 11) is 0. The molecule has 0 spiro atoms. The van der Waals surface area contributed by atoms with Crippen LogP contribution in [0, 0.1) is 5.92 Å². The van der Waals surface area contributed by atoms with Crippen molar-refractivity contribution in [1.82, 2.24) is 19.7 Å². The standard InChI is InChI=1S/C13H23N5/c1-2-11-4-3-5-13(11,9-14)18-7-6-17-10-15-16-12(17)8-18/h10-11H,2-9,14H2,1H3. The Hall–Kier alpha value is -0.940. The predicted molar refractivity (Wildman–Crippen MR) is 69.8 cm³/mol. The minimum atomic E-state index is 0.214. The van der Waals surface area contributed by atoms with E-state index in [1.54, 1.807) is 0 Å². The third-order valence-electron chi connectivity index (χ3n) is 5.04. The van der Waals surface area contributed by atoms with Crippen LogP contribution in [0.3, 0.4) is 0 Å².